The summed E-state index contributed by atoms with van der Waals surface area (Å²) in [7, 11) is 0. The van der Waals surface area contributed by atoms with Crippen LogP contribution in [-0.2, 0) is 9.53 Å². The molecule has 17 heavy (non-hydrogen) atoms. The van der Waals surface area contributed by atoms with Crippen LogP contribution in [0.25, 0.3) is 0 Å². The van der Waals surface area contributed by atoms with Gasteiger partial charge in [0.2, 0.25) is 5.91 Å². The Kier molecular flexibility index (Phi) is 3.73. The smallest absolute Gasteiger partial charge is 0.222 e. The van der Waals surface area contributed by atoms with Crippen molar-refractivity contribution >= 4 is 5.91 Å². The van der Waals surface area contributed by atoms with Crippen LogP contribution < -0.4 is 11.1 Å². The fraction of sp³-hybridized carbons (Fsp3) is 0.923. The SMILES string of the molecule is CC1(NC(=O)CC2(N)CCCC2)CCCOC1. The van der Waals surface area contributed by atoms with Gasteiger partial charge in [0.25, 0.3) is 0 Å². The van der Waals surface area contributed by atoms with Gasteiger partial charge in [-0.15, -0.1) is 0 Å². The van der Waals surface area contributed by atoms with Crippen molar-refractivity contribution in [1.29, 1.82) is 0 Å². The van der Waals surface area contributed by atoms with E-state index in [2.05, 4.69) is 12.2 Å². The van der Waals surface area contributed by atoms with E-state index in [-0.39, 0.29) is 17.0 Å². The molecule has 1 unspecified atom stereocenters. The van der Waals surface area contributed by atoms with Crippen molar-refractivity contribution in [2.75, 3.05) is 13.2 Å². The monoisotopic (exact) mass is 240 g/mol. The normalized spacial score (nSPS) is 32.4. The number of hydrogen-bond acceptors (Lipinski definition) is 3. The van der Waals surface area contributed by atoms with Gasteiger partial charge < -0.3 is 15.8 Å². The molecule has 2 fully saturated rings. The van der Waals surface area contributed by atoms with Crippen molar-refractivity contribution in [3.63, 3.8) is 0 Å². The predicted octanol–water partition coefficient (Wildman–Crippen LogP) is 1.33. The highest BCUT2D eigenvalue weighted by Crippen LogP contribution is 2.30. The number of hydrogen-bond donors (Lipinski definition) is 2. The maximum absolute atomic E-state index is 12.0. The van der Waals surface area contributed by atoms with Crippen molar-refractivity contribution in [3.8, 4) is 0 Å². The summed E-state index contributed by atoms with van der Waals surface area (Å²) in [4.78, 5) is 12.0. The van der Waals surface area contributed by atoms with Crippen LogP contribution in [-0.4, -0.2) is 30.2 Å². The number of nitrogens with one attached hydrogen (secondary N) is 1. The lowest BCUT2D eigenvalue weighted by Crippen LogP contribution is -2.53. The highest BCUT2D eigenvalue weighted by Gasteiger charge is 2.35. The van der Waals surface area contributed by atoms with E-state index in [4.69, 9.17) is 10.5 Å². The standard InChI is InChI=1S/C13H24N2O2/c1-12(5-4-8-17-10-12)15-11(16)9-13(14)6-2-3-7-13/h2-10,14H2,1H3,(H,15,16). The molecule has 0 bridgehead atoms. The Hall–Kier alpha value is -0.610. The van der Waals surface area contributed by atoms with Crippen LogP contribution in [0.15, 0.2) is 0 Å². The Morgan fingerprint density at radius 2 is 2.00 bits per heavy atom. The number of nitrogens with two attached hydrogens (primary N) is 1. The van der Waals surface area contributed by atoms with Crippen molar-refractivity contribution in [3.05, 3.63) is 0 Å². The van der Waals surface area contributed by atoms with E-state index < -0.39 is 0 Å². The summed E-state index contributed by atoms with van der Waals surface area (Å²) in [6, 6.07) is 0. The summed E-state index contributed by atoms with van der Waals surface area (Å²) in [5.41, 5.74) is 5.77. The number of carbonyl (C=O) groups is 1. The van der Waals surface area contributed by atoms with Crippen molar-refractivity contribution in [2.24, 2.45) is 5.73 Å². The number of ether oxygens (including phenoxy) is 1. The Labute approximate surface area is 103 Å². The second kappa shape index (κ2) is 4.94. The van der Waals surface area contributed by atoms with Crippen LogP contribution in [0.4, 0.5) is 0 Å². The average Bonchev–Trinajstić information content (AvgIpc) is 2.64. The molecule has 2 rings (SSSR count). The van der Waals surface area contributed by atoms with Gasteiger partial charge in [-0.2, -0.15) is 0 Å². The first-order valence-corrected chi connectivity index (χ1v) is 6.69. The van der Waals surface area contributed by atoms with Crippen LogP contribution in [0.5, 0.6) is 0 Å². The molecule has 2 aliphatic rings. The number of rotatable bonds is 3. The minimum atomic E-state index is -0.254. The number of carbonyl (C=O) groups excluding carboxylic acids is 1. The van der Waals surface area contributed by atoms with E-state index in [1.165, 1.54) is 0 Å². The number of amides is 1. The first-order chi connectivity index (χ1) is 8.02. The minimum absolute atomic E-state index is 0.0856. The fourth-order valence-corrected chi connectivity index (χ4v) is 2.99. The zero-order valence-corrected chi connectivity index (χ0v) is 10.8. The second-order valence-corrected chi connectivity index (χ2v) is 6.01. The molecule has 1 aliphatic heterocycles. The Morgan fingerprint density at radius 3 is 2.59 bits per heavy atom. The third-order valence-electron chi connectivity index (χ3n) is 3.99. The first-order valence-electron chi connectivity index (χ1n) is 6.69. The van der Waals surface area contributed by atoms with Crippen LogP contribution in [0.1, 0.15) is 51.9 Å². The van der Waals surface area contributed by atoms with Crippen molar-refractivity contribution in [2.45, 2.75) is 62.9 Å². The third kappa shape index (κ3) is 3.42. The highest BCUT2D eigenvalue weighted by molar-refractivity contribution is 5.78. The second-order valence-electron chi connectivity index (χ2n) is 6.01. The molecule has 98 valence electrons. The molecule has 1 saturated heterocycles. The molecule has 1 heterocycles. The third-order valence-corrected chi connectivity index (χ3v) is 3.99. The predicted molar refractivity (Wildman–Crippen MR) is 66.6 cm³/mol. The first kappa shape index (κ1) is 12.8. The van der Waals surface area contributed by atoms with E-state index in [1.54, 1.807) is 0 Å². The Balaban J connectivity index is 1.84. The van der Waals surface area contributed by atoms with E-state index in [1.807, 2.05) is 0 Å². The van der Waals surface area contributed by atoms with Crippen molar-refractivity contribution in [1.82, 2.24) is 5.32 Å². The van der Waals surface area contributed by atoms with E-state index in [0.717, 1.165) is 45.1 Å². The zero-order chi connectivity index (χ0) is 12.4. The van der Waals surface area contributed by atoms with Gasteiger partial charge in [0.15, 0.2) is 0 Å². The summed E-state index contributed by atoms with van der Waals surface area (Å²) in [6.45, 7) is 3.49. The van der Waals surface area contributed by atoms with Gasteiger partial charge in [0, 0.05) is 18.6 Å². The molecule has 1 amide bonds. The molecular weight excluding hydrogens is 216 g/mol. The molecule has 0 radical (unpaired) electrons. The van der Waals surface area contributed by atoms with Gasteiger partial charge in [-0.05, 0) is 32.6 Å². The van der Waals surface area contributed by atoms with Crippen LogP contribution >= 0.6 is 0 Å². The van der Waals surface area contributed by atoms with Crippen LogP contribution in [0, 0.1) is 0 Å². The molecule has 0 spiro atoms. The maximum Gasteiger partial charge on any atom is 0.222 e. The van der Waals surface area contributed by atoms with E-state index in [9.17, 15) is 4.79 Å². The van der Waals surface area contributed by atoms with E-state index >= 15 is 0 Å². The molecule has 1 saturated carbocycles. The van der Waals surface area contributed by atoms with Gasteiger partial charge >= 0.3 is 0 Å². The fourth-order valence-electron chi connectivity index (χ4n) is 2.99. The molecule has 4 heteroatoms. The Morgan fingerprint density at radius 1 is 1.29 bits per heavy atom. The van der Waals surface area contributed by atoms with Crippen LogP contribution in [0.2, 0.25) is 0 Å². The molecule has 4 nitrogen and oxygen atoms in total. The molecule has 1 atom stereocenters. The topological polar surface area (TPSA) is 64.4 Å². The molecule has 0 aromatic carbocycles. The van der Waals surface area contributed by atoms with Crippen LogP contribution in [0.3, 0.4) is 0 Å². The van der Waals surface area contributed by atoms with Gasteiger partial charge in [0.05, 0.1) is 12.1 Å². The molecule has 3 N–H and O–H groups in total. The van der Waals surface area contributed by atoms with E-state index in [0.29, 0.717) is 13.0 Å². The summed E-state index contributed by atoms with van der Waals surface area (Å²) in [6.07, 6.45) is 6.75. The zero-order valence-electron chi connectivity index (χ0n) is 10.8. The van der Waals surface area contributed by atoms with Gasteiger partial charge in [0.1, 0.15) is 0 Å². The minimum Gasteiger partial charge on any atom is -0.379 e. The molecule has 0 aromatic heterocycles. The summed E-state index contributed by atoms with van der Waals surface area (Å²) in [5, 5.41) is 3.10. The summed E-state index contributed by atoms with van der Waals surface area (Å²) in [5.74, 6) is 0.0856. The highest BCUT2D eigenvalue weighted by atomic mass is 16.5. The lowest BCUT2D eigenvalue weighted by atomic mass is 9.91. The summed E-state index contributed by atoms with van der Waals surface area (Å²) >= 11 is 0. The molecular formula is C13H24N2O2. The lowest BCUT2D eigenvalue weighted by Gasteiger charge is -2.35. The maximum atomic E-state index is 12.0. The van der Waals surface area contributed by atoms with Gasteiger partial charge in [-0.3, -0.25) is 4.79 Å². The van der Waals surface area contributed by atoms with Gasteiger partial charge in [-0.25, -0.2) is 0 Å². The van der Waals surface area contributed by atoms with Gasteiger partial charge in [-0.1, -0.05) is 12.8 Å². The largest absolute Gasteiger partial charge is 0.379 e. The quantitative estimate of drug-likeness (QED) is 0.782. The molecule has 0 aromatic rings. The average molecular weight is 240 g/mol. The Bertz CT molecular complexity index is 279. The lowest BCUT2D eigenvalue weighted by molar-refractivity contribution is -0.125. The summed E-state index contributed by atoms with van der Waals surface area (Å²) < 4.78 is 5.44. The molecule has 1 aliphatic carbocycles. The van der Waals surface area contributed by atoms with Crippen molar-refractivity contribution < 1.29 is 9.53 Å².